The minimum atomic E-state index is 0.130. The zero-order valence-electron chi connectivity index (χ0n) is 13.6. The van der Waals surface area contributed by atoms with E-state index in [0.717, 1.165) is 43.5 Å². The second kappa shape index (κ2) is 6.50. The van der Waals surface area contributed by atoms with Gasteiger partial charge >= 0.3 is 0 Å². The predicted octanol–water partition coefficient (Wildman–Crippen LogP) is 3.83. The normalized spacial score (nSPS) is 20.4. The molecule has 1 amide bonds. The van der Waals surface area contributed by atoms with Crippen molar-refractivity contribution < 1.29 is 4.79 Å². The highest BCUT2D eigenvalue weighted by Gasteiger charge is 2.41. The molecule has 21 heavy (non-hydrogen) atoms. The molecule has 0 aliphatic heterocycles. The smallest absolute Gasteiger partial charge is 0.226 e. The fourth-order valence-electron chi connectivity index (χ4n) is 3.43. The minimum Gasteiger partial charge on any atom is -0.398 e. The van der Waals surface area contributed by atoms with Crippen LogP contribution in [0.15, 0.2) is 24.3 Å². The summed E-state index contributed by atoms with van der Waals surface area (Å²) in [6.07, 6.45) is 4.32. The van der Waals surface area contributed by atoms with Gasteiger partial charge in [0.05, 0.1) is 0 Å². The van der Waals surface area contributed by atoms with Gasteiger partial charge in [-0.15, -0.1) is 0 Å². The summed E-state index contributed by atoms with van der Waals surface area (Å²) in [4.78, 5) is 15.0. The number of para-hydroxylation sites is 1. The Morgan fingerprint density at radius 1 is 1.38 bits per heavy atom. The number of hydrogen-bond donors (Lipinski definition) is 1. The zero-order valence-corrected chi connectivity index (χ0v) is 13.6. The molecule has 1 unspecified atom stereocenters. The summed E-state index contributed by atoms with van der Waals surface area (Å²) in [5.41, 5.74) is 7.99. The molecule has 116 valence electrons. The van der Waals surface area contributed by atoms with Crippen LogP contribution in [0.1, 0.15) is 52.0 Å². The van der Waals surface area contributed by atoms with Crippen LogP contribution in [0.3, 0.4) is 0 Å². The summed E-state index contributed by atoms with van der Waals surface area (Å²) in [6, 6.07) is 7.85. The molecule has 1 aliphatic rings. The van der Waals surface area contributed by atoms with E-state index in [1.807, 2.05) is 29.2 Å². The topological polar surface area (TPSA) is 46.3 Å². The second-order valence-corrected chi connectivity index (χ2v) is 6.89. The Hall–Kier alpha value is -1.51. The zero-order chi connectivity index (χ0) is 15.5. The van der Waals surface area contributed by atoms with E-state index in [2.05, 4.69) is 20.8 Å². The highest BCUT2D eigenvalue weighted by molar-refractivity contribution is 5.80. The summed E-state index contributed by atoms with van der Waals surface area (Å²) in [5, 5.41) is 0. The monoisotopic (exact) mass is 288 g/mol. The Morgan fingerprint density at radius 2 is 2.10 bits per heavy atom. The first kappa shape index (κ1) is 15.9. The van der Waals surface area contributed by atoms with E-state index >= 15 is 0 Å². The third kappa shape index (κ3) is 3.58. The molecule has 1 aromatic rings. The number of nitrogen functional groups attached to an aromatic ring is 1. The van der Waals surface area contributed by atoms with Crippen LogP contribution >= 0.6 is 0 Å². The molecule has 1 atom stereocenters. The van der Waals surface area contributed by atoms with Gasteiger partial charge in [-0.05, 0) is 36.3 Å². The van der Waals surface area contributed by atoms with E-state index in [1.165, 1.54) is 0 Å². The number of anilines is 1. The molecular formula is C18H28N2O. The number of hydrogen-bond acceptors (Lipinski definition) is 2. The maximum Gasteiger partial charge on any atom is 0.226 e. The number of nitrogens with zero attached hydrogens (tertiary/aromatic N) is 1. The average Bonchev–Trinajstić information content (AvgIpc) is 2.79. The van der Waals surface area contributed by atoms with Crippen molar-refractivity contribution in [2.24, 2.45) is 11.3 Å². The number of nitrogens with two attached hydrogens (primary N) is 1. The third-order valence-electron chi connectivity index (χ3n) is 4.78. The molecule has 2 N–H and O–H groups in total. The van der Waals surface area contributed by atoms with Crippen molar-refractivity contribution in [1.29, 1.82) is 0 Å². The van der Waals surface area contributed by atoms with Gasteiger partial charge in [-0.1, -0.05) is 45.4 Å². The molecule has 1 aliphatic carbocycles. The lowest BCUT2D eigenvalue weighted by molar-refractivity contribution is -0.139. The van der Waals surface area contributed by atoms with E-state index in [0.29, 0.717) is 12.5 Å². The van der Waals surface area contributed by atoms with Crippen LogP contribution in [0.5, 0.6) is 0 Å². The number of carbonyl (C=O) groups excluding carboxylic acids is 1. The predicted molar refractivity (Wildman–Crippen MR) is 87.7 cm³/mol. The van der Waals surface area contributed by atoms with E-state index in [1.54, 1.807) is 0 Å². The Labute approximate surface area is 128 Å². The standard InChI is InChI=1S/C18H28N2O/c1-4-12-20(13-14-8-5-6-10-16(14)19)17(21)15-9-7-11-18(15,2)3/h5-6,8,10,15H,4,7,9,11-13,19H2,1-3H3. The molecule has 0 spiro atoms. The number of amides is 1. The molecule has 1 saturated carbocycles. The van der Waals surface area contributed by atoms with Crippen LogP contribution in [-0.4, -0.2) is 17.4 Å². The van der Waals surface area contributed by atoms with Crippen molar-refractivity contribution in [2.45, 2.75) is 53.0 Å². The van der Waals surface area contributed by atoms with Gasteiger partial charge in [-0.25, -0.2) is 0 Å². The van der Waals surface area contributed by atoms with Crippen molar-refractivity contribution in [2.75, 3.05) is 12.3 Å². The van der Waals surface area contributed by atoms with Gasteiger partial charge in [-0.3, -0.25) is 4.79 Å². The van der Waals surface area contributed by atoms with Gasteiger partial charge in [0.1, 0.15) is 0 Å². The average molecular weight is 288 g/mol. The molecule has 0 saturated heterocycles. The lowest BCUT2D eigenvalue weighted by Crippen LogP contribution is -2.40. The minimum absolute atomic E-state index is 0.130. The van der Waals surface area contributed by atoms with E-state index in [4.69, 9.17) is 5.73 Å². The molecule has 0 bridgehead atoms. The van der Waals surface area contributed by atoms with Crippen molar-refractivity contribution in [3.8, 4) is 0 Å². The fraction of sp³-hybridized carbons (Fsp3) is 0.611. The molecular weight excluding hydrogens is 260 g/mol. The summed E-state index contributed by atoms with van der Waals surface area (Å²) >= 11 is 0. The SMILES string of the molecule is CCCN(Cc1ccccc1N)C(=O)C1CCCC1(C)C. The van der Waals surface area contributed by atoms with Gasteiger partial charge in [-0.2, -0.15) is 0 Å². The van der Waals surface area contributed by atoms with Crippen LogP contribution in [0, 0.1) is 11.3 Å². The third-order valence-corrected chi connectivity index (χ3v) is 4.78. The van der Waals surface area contributed by atoms with Crippen molar-refractivity contribution >= 4 is 11.6 Å². The maximum absolute atomic E-state index is 13.0. The van der Waals surface area contributed by atoms with Crippen molar-refractivity contribution in [3.05, 3.63) is 29.8 Å². The molecule has 2 rings (SSSR count). The van der Waals surface area contributed by atoms with Gasteiger partial charge in [0, 0.05) is 24.7 Å². The van der Waals surface area contributed by atoms with E-state index in [9.17, 15) is 4.79 Å². The summed E-state index contributed by atoms with van der Waals surface area (Å²) in [6.45, 7) is 8.01. The Balaban J connectivity index is 2.15. The highest BCUT2D eigenvalue weighted by atomic mass is 16.2. The molecule has 3 nitrogen and oxygen atoms in total. The van der Waals surface area contributed by atoms with Crippen LogP contribution in [-0.2, 0) is 11.3 Å². The maximum atomic E-state index is 13.0. The Morgan fingerprint density at radius 3 is 2.67 bits per heavy atom. The number of rotatable bonds is 5. The van der Waals surface area contributed by atoms with Crippen molar-refractivity contribution in [3.63, 3.8) is 0 Å². The van der Waals surface area contributed by atoms with Gasteiger partial charge in [0.15, 0.2) is 0 Å². The van der Waals surface area contributed by atoms with Gasteiger partial charge < -0.3 is 10.6 Å². The number of benzene rings is 1. The second-order valence-electron chi connectivity index (χ2n) is 6.89. The molecule has 0 radical (unpaired) electrons. The molecule has 0 aromatic heterocycles. The summed E-state index contributed by atoms with van der Waals surface area (Å²) in [7, 11) is 0. The molecule has 3 heteroatoms. The first-order chi connectivity index (χ1) is 9.95. The lowest BCUT2D eigenvalue weighted by Gasteiger charge is -2.32. The first-order valence-corrected chi connectivity index (χ1v) is 8.08. The number of carbonyl (C=O) groups is 1. The first-order valence-electron chi connectivity index (χ1n) is 8.08. The van der Waals surface area contributed by atoms with E-state index in [-0.39, 0.29) is 11.3 Å². The molecule has 1 fully saturated rings. The van der Waals surface area contributed by atoms with Crippen LogP contribution < -0.4 is 5.73 Å². The fourth-order valence-corrected chi connectivity index (χ4v) is 3.43. The summed E-state index contributed by atoms with van der Waals surface area (Å²) in [5.74, 6) is 0.469. The van der Waals surface area contributed by atoms with Crippen LogP contribution in [0.25, 0.3) is 0 Å². The van der Waals surface area contributed by atoms with Crippen LogP contribution in [0.2, 0.25) is 0 Å². The largest absolute Gasteiger partial charge is 0.398 e. The highest BCUT2D eigenvalue weighted by Crippen LogP contribution is 2.43. The Bertz CT molecular complexity index is 496. The van der Waals surface area contributed by atoms with Gasteiger partial charge in [0.25, 0.3) is 0 Å². The van der Waals surface area contributed by atoms with Crippen molar-refractivity contribution in [1.82, 2.24) is 4.90 Å². The molecule has 0 heterocycles. The quantitative estimate of drug-likeness (QED) is 0.837. The van der Waals surface area contributed by atoms with Gasteiger partial charge in [0.2, 0.25) is 5.91 Å². The summed E-state index contributed by atoms with van der Waals surface area (Å²) < 4.78 is 0. The van der Waals surface area contributed by atoms with Crippen LogP contribution in [0.4, 0.5) is 5.69 Å². The Kier molecular flexibility index (Phi) is 4.92. The molecule has 1 aromatic carbocycles. The lowest BCUT2D eigenvalue weighted by atomic mass is 9.81. The van der Waals surface area contributed by atoms with E-state index < -0.39 is 0 Å².